The van der Waals surface area contributed by atoms with Crippen LogP contribution < -0.4 is 5.32 Å². The predicted octanol–water partition coefficient (Wildman–Crippen LogP) is 2.57. The Kier molecular flexibility index (Phi) is 4.83. The molecule has 2 saturated carbocycles. The number of hydrogen-bond acceptors (Lipinski definition) is 2. The van der Waals surface area contributed by atoms with Gasteiger partial charge in [-0.1, -0.05) is 6.92 Å². The fraction of sp³-hybridized carbons (Fsp3) is 0.867. The van der Waals surface area contributed by atoms with E-state index >= 15 is 0 Å². The molecule has 2 rings (SSSR count). The van der Waals surface area contributed by atoms with Crippen LogP contribution in [-0.4, -0.2) is 23.0 Å². The molecule has 0 unspecified atom stereocenters. The van der Waals surface area contributed by atoms with Crippen LogP contribution in [0.4, 0.5) is 0 Å². The second-order valence-corrected chi connectivity index (χ2v) is 6.35. The van der Waals surface area contributed by atoms with Gasteiger partial charge in [-0.25, -0.2) is 0 Å². The fourth-order valence-corrected chi connectivity index (χ4v) is 3.33. The summed E-state index contributed by atoms with van der Waals surface area (Å²) < 4.78 is 0. The topological polar surface area (TPSA) is 66.4 Å². The maximum atomic E-state index is 12.2. The molecule has 1 amide bonds. The van der Waals surface area contributed by atoms with Gasteiger partial charge in [0.2, 0.25) is 5.91 Å². The summed E-state index contributed by atoms with van der Waals surface area (Å²) in [7, 11) is 0. The van der Waals surface area contributed by atoms with Crippen LogP contribution >= 0.6 is 0 Å². The SMILES string of the molecule is CC1CCC(C(=O)NC2CCC(C(=O)O)CC2)CC1. The van der Waals surface area contributed by atoms with E-state index in [1.165, 1.54) is 0 Å². The summed E-state index contributed by atoms with van der Waals surface area (Å²) in [6.07, 6.45) is 7.35. The number of carboxylic acids is 1. The molecule has 0 atom stereocenters. The maximum absolute atomic E-state index is 12.2. The normalized spacial score (nSPS) is 35.6. The van der Waals surface area contributed by atoms with Gasteiger partial charge in [0.05, 0.1) is 5.92 Å². The van der Waals surface area contributed by atoms with Crippen molar-refractivity contribution in [1.82, 2.24) is 5.32 Å². The van der Waals surface area contributed by atoms with Gasteiger partial charge in [-0.15, -0.1) is 0 Å². The lowest BCUT2D eigenvalue weighted by Gasteiger charge is -2.30. The highest BCUT2D eigenvalue weighted by Gasteiger charge is 2.29. The van der Waals surface area contributed by atoms with Crippen molar-refractivity contribution >= 4 is 11.9 Å². The molecule has 108 valence electrons. The fourth-order valence-electron chi connectivity index (χ4n) is 3.33. The zero-order valence-corrected chi connectivity index (χ0v) is 11.7. The Bertz CT molecular complexity index is 326. The number of hydrogen-bond donors (Lipinski definition) is 2. The minimum Gasteiger partial charge on any atom is -0.481 e. The van der Waals surface area contributed by atoms with Gasteiger partial charge < -0.3 is 10.4 Å². The van der Waals surface area contributed by atoms with Gasteiger partial charge in [0.25, 0.3) is 0 Å². The first-order valence-corrected chi connectivity index (χ1v) is 7.59. The number of rotatable bonds is 3. The molecule has 0 spiro atoms. The molecule has 0 aromatic rings. The molecule has 2 fully saturated rings. The third-order valence-corrected chi connectivity index (χ3v) is 4.81. The second-order valence-electron chi connectivity index (χ2n) is 6.35. The van der Waals surface area contributed by atoms with E-state index in [1.54, 1.807) is 0 Å². The molecule has 19 heavy (non-hydrogen) atoms. The van der Waals surface area contributed by atoms with Crippen molar-refractivity contribution in [1.29, 1.82) is 0 Å². The molecule has 4 nitrogen and oxygen atoms in total. The molecule has 2 N–H and O–H groups in total. The van der Waals surface area contributed by atoms with Gasteiger partial charge in [0.15, 0.2) is 0 Å². The highest BCUT2D eigenvalue weighted by molar-refractivity contribution is 5.79. The quantitative estimate of drug-likeness (QED) is 0.826. The number of carboxylic acid groups (broad SMARTS) is 1. The number of carbonyl (C=O) groups excluding carboxylic acids is 1. The van der Waals surface area contributed by atoms with E-state index < -0.39 is 5.97 Å². The molecular weight excluding hydrogens is 242 g/mol. The van der Waals surface area contributed by atoms with Gasteiger partial charge in [-0.3, -0.25) is 9.59 Å². The Morgan fingerprint density at radius 2 is 1.42 bits per heavy atom. The standard InChI is InChI=1S/C15H25NO3/c1-10-2-4-11(5-3-10)14(17)16-13-8-6-12(7-9-13)15(18)19/h10-13H,2-9H2,1H3,(H,16,17)(H,18,19). The molecule has 2 aliphatic rings. The van der Waals surface area contributed by atoms with Crippen LogP contribution in [0.25, 0.3) is 0 Å². The zero-order valence-electron chi connectivity index (χ0n) is 11.7. The van der Waals surface area contributed by atoms with Crippen LogP contribution in [0, 0.1) is 17.8 Å². The lowest BCUT2D eigenvalue weighted by Crippen LogP contribution is -2.42. The highest BCUT2D eigenvalue weighted by Crippen LogP contribution is 2.29. The average Bonchev–Trinajstić information content (AvgIpc) is 2.40. The van der Waals surface area contributed by atoms with E-state index in [0.717, 1.165) is 44.4 Å². The summed E-state index contributed by atoms with van der Waals surface area (Å²) in [5, 5.41) is 12.1. The minimum absolute atomic E-state index is 0.188. The lowest BCUT2D eigenvalue weighted by molar-refractivity contribution is -0.142. The van der Waals surface area contributed by atoms with Crippen molar-refractivity contribution in [2.75, 3.05) is 0 Å². The summed E-state index contributed by atoms with van der Waals surface area (Å²) in [5.41, 5.74) is 0. The molecule has 0 aromatic heterocycles. The number of amides is 1. The molecule has 0 aliphatic heterocycles. The Morgan fingerprint density at radius 3 is 1.95 bits per heavy atom. The van der Waals surface area contributed by atoms with Crippen molar-refractivity contribution in [3.63, 3.8) is 0 Å². The van der Waals surface area contributed by atoms with Crippen LogP contribution in [0.15, 0.2) is 0 Å². The summed E-state index contributed by atoms with van der Waals surface area (Å²) in [6.45, 7) is 2.25. The first-order valence-electron chi connectivity index (χ1n) is 7.59. The van der Waals surface area contributed by atoms with Crippen LogP contribution in [0.3, 0.4) is 0 Å². The van der Waals surface area contributed by atoms with Crippen molar-refractivity contribution < 1.29 is 14.7 Å². The van der Waals surface area contributed by atoms with Gasteiger partial charge in [-0.2, -0.15) is 0 Å². The molecule has 0 radical (unpaired) electrons. The van der Waals surface area contributed by atoms with Gasteiger partial charge in [0, 0.05) is 12.0 Å². The van der Waals surface area contributed by atoms with Crippen LogP contribution in [0.2, 0.25) is 0 Å². The van der Waals surface area contributed by atoms with Crippen molar-refractivity contribution in [3.8, 4) is 0 Å². The monoisotopic (exact) mass is 267 g/mol. The third-order valence-electron chi connectivity index (χ3n) is 4.81. The van der Waals surface area contributed by atoms with Crippen LogP contribution in [0.5, 0.6) is 0 Å². The van der Waals surface area contributed by atoms with Gasteiger partial charge >= 0.3 is 5.97 Å². The summed E-state index contributed by atoms with van der Waals surface area (Å²) >= 11 is 0. The molecule has 0 heterocycles. The average molecular weight is 267 g/mol. The Hall–Kier alpha value is -1.06. The summed E-state index contributed by atoms with van der Waals surface area (Å²) in [6, 6.07) is 0.197. The van der Waals surface area contributed by atoms with Crippen molar-refractivity contribution in [3.05, 3.63) is 0 Å². The molecule has 2 aliphatic carbocycles. The smallest absolute Gasteiger partial charge is 0.306 e. The largest absolute Gasteiger partial charge is 0.481 e. The highest BCUT2D eigenvalue weighted by atomic mass is 16.4. The lowest BCUT2D eigenvalue weighted by atomic mass is 9.81. The number of nitrogens with one attached hydrogen (secondary N) is 1. The minimum atomic E-state index is -0.689. The number of aliphatic carboxylic acids is 1. The Labute approximate surface area is 115 Å². The van der Waals surface area contributed by atoms with Crippen LogP contribution in [-0.2, 0) is 9.59 Å². The second kappa shape index (κ2) is 6.40. The van der Waals surface area contributed by atoms with E-state index in [0.29, 0.717) is 12.8 Å². The zero-order chi connectivity index (χ0) is 13.8. The van der Waals surface area contributed by atoms with E-state index in [4.69, 9.17) is 5.11 Å². The molecular formula is C15H25NO3. The van der Waals surface area contributed by atoms with E-state index in [1.807, 2.05) is 0 Å². The predicted molar refractivity (Wildman–Crippen MR) is 72.6 cm³/mol. The molecule has 0 saturated heterocycles. The third kappa shape index (κ3) is 3.95. The molecule has 0 aromatic carbocycles. The van der Waals surface area contributed by atoms with Crippen molar-refractivity contribution in [2.24, 2.45) is 17.8 Å². The van der Waals surface area contributed by atoms with Gasteiger partial charge in [0.1, 0.15) is 0 Å². The first kappa shape index (κ1) is 14.4. The van der Waals surface area contributed by atoms with E-state index in [-0.39, 0.29) is 23.8 Å². The van der Waals surface area contributed by atoms with Crippen molar-refractivity contribution in [2.45, 2.75) is 64.3 Å². The maximum Gasteiger partial charge on any atom is 0.306 e. The summed E-state index contributed by atoms with van der Waals surface area (Å²) in [4.78, 5) is 23.0. The Balaban J connectivity index is 1.73. The number of carbonyl (C=O) groups is 2. The summed E-state index contributed by atoms with van der Waals surface area (Å²) in [5.74, 6) is 0.254. The first-order chi connectivity index (χ1) is 9.06. The Morgan fingerprint density at radius 1 is 0.895 bits per heavy atom. The molecule has 0 bridgehead atoms. The van der Waals surface area contributed by atoms with Crippen LogP contribution in [0.1, 0.15) is 58.3 Å². The van der Waals surface area contributed by atoms with E-state index in [9.17, 15) is 9.59 Å². The van der Waals surface area contributed by atoms with E-state index in [2.05, 4.69) is 12.2 Å². The molecule has 4 heteroatoms. The van der Waals surface area contributed by atoms with Gasteiger partial charge in [-0.05, 0) is 57.3 Å².